The Morgan fingerprint density at radius 2 is 2.06 bits per heavy atom. The Morgan fingerprint density at radius 1 is 1.27 bits per heavy atom. The summed E-state index contributed by atoms with van der Waals surface area (Å²) in [4.78, 5) is 16.2. The number of carbonyl (C=O) groups excluding carboxylic acids is 1. The van der Waals surface area contributed by atoms with Gasteiger partial charge in [-0.25, -0.2) is 14.2 Å². The first-order valence-corrected chi connectivity index (χ1v) is 10.2. The van der Waals surface area contributed by atoms with E-state index in [1.807, 2.05) is 0 Å². The standard InChI is InChI=1S/C22H23F4NO6/c1-30-21(29)16-11-14(15-10-13(5-6-17(15)23)19(28)22(24,25)26)12-27-20(16)33-9-8-32-18-4-2-3-7-31-18/h5-6,10-12,18-19,28H,2-4,7-9H2,1H3. The molecule has 0 bridgehead atoms. The lowest BCUT2D eigenvalue weighted by atomic mass is 10.00. The average Bonchev–Trinajstić information content (AvgIpc) is 2.81. The van der Waals surface area contributed by atoms with Crippen molar-refractivity contribution in [2.75, 3.05) is 26.9 Å². The van der Waals surface area contributed by atoms with Gasteiger partial charge in [-0.15, -0.1) is 0 Å². The van der Waals surface area contributed by atoms with E-state index in [1.54, 1.807) is 0 Å². The maximum atomic E-state index is 14.4. The number of carbonyl (C=O) groups is 1. The van der Waals surface area contributed by atoms with Crippen LogP contribution in [0.5, 0.6) is 5.88 Å². The highest BCUT2D eigenvalue weighted by atomic mass is 19.4. The molecule has 0 amide bonds. The quantitative estimate of drug-likeness (QED) is 0.350. The second kappa shape index (κ2) is 10.9. The Morgan fingerprint density at radius 3 is 2.73 bits per heavy atom. The molecule has 2 atom stereocenters. The van der Waals surface area contributed by atoms with Crippen LogP contribution in [0.2, 0.25) is 0 Å². The van der Waals surface area contributed by atoms with Crippen LogP contribution in [0, 0.1) is 5.82 Å². The number of aliphatic hydroxyl groups is 1. The van der Waals surface area contributed by atoms with E-state index in [0.717, 1.165) is 50.8 Å². The Kier molecular flexibility index (Phi) is 8.22. The van der Waals surface area contributed by atoms with Crippen LogP contribution >= 0.6 is 0 Å². The molecule has 1 fully saturated rings. The van der Waals surface area contributed by atoms with Gasteiger partial charge in [0.25, 0.3) is 0 Å². The van der Waals surface area contributed by atoms with Crippen molar-refractivity contribution >= 4 is 5.97 Å². The highest BCUT2D eigenvalue weighted by Gasteiger charge is 2.39. The molecule has 0 radical (unpaired) electrons. The zero-order chi connectivity index (χ0) is 24.0. The van der Waals surface area contributed by atoms with Crippen molar-refractivity contribution in [2.24, 2.45) is 0 Å². The van der Waals surface area contributed by atoms with Gasteiger partial charge in [-0.05, 0) is 43.0 Å². The molecule has 1 N–H and O–H groups in total. The molecule has 7 nitrogen and oxygen atoms in total. The van der Waals surface area contributed by atoms with Crippen molar-refractivity contribution in [1.82, 2.24) is 4.98 Å². The van der Waals surface area contributed by atoms with E-state index in [0.29, 0.717) is 6.61 Å². The first-order valence-electron chi connectivity index (χ1n) is 10.2. The second-order valence-electron chi connectivity index (χ2n) is 7.27. The number of methoxy groups -OCH3 is 1. The van der Waals surface area contributed by atoms with Crippen molar-refractivity contribution < 1.29 is 46.4 Å². The predicted octanol–water partition coefficient (Wildman–Crippen LogP) is 4.19. The number of esters is 1. The molecule has 1 aliphatic heterocycles. The number of halogens is 4. The van der Waals surface area contributed by atoms with Gasteiger partial charge in [0, 0.05) is 23.9 Å². The first kappa shape index (κ1) is 24.9. The normalized spacial score (nSPS) is 17.5. The topological polar surface area (TPSA) is 87.1 Å². The maximum Gasteiger partial charge on any atom is 0.418 e. The Hall–Kier alpha value is -2.76. The fourth-order valence-electron chi connectivity index (χ4n) is 3.25. The largest absolute Gasteiger partial charge is 0.475 e. The molecule has 180 valence electrons. The molecule has 2 aromatic rings. The van der Waals surface area contributed by atoms with Gasteiger partial charge in [0.15, 0.2) is 12.4 Å². The van der Waals surface area contributed by atoms with E-state index in [9.17, 15) is 27.5 Å². The van der Waals surface area contributed by atoms with Crippen LogP contribution in [0.4, 0.5) is 17.6 Å². The Labute approximate surface area is 187 Å². The number of hydrogen-bond acceptors (Lipinski definition) is 7. The van der Waals surface area contributed by atoms with Crippen molar-refractivity contribution in [1.29, 1.82) is 0 Å². The number of alkyl halides is 3. The molecule has 33 heavy (non-hydrogen) atoms. The van der Waals surface area contributed by atoms with Gasteiger partial charge in [0.05, 0.1) is 13.7 Å². The van der Waals surface area contributed by atoms with Gasteiger partial charge < -0.3 is 24.1 Å². The molecule has 0 spiro atoms. The molecule has 1 aliphatic rings. The summed E-state index contributed by atoms with van der Waals surface area (Å²) in [5.41, 5.74) is -0.980. The summed E-state index contributed by atoms with van der Waals surface area (Å²) in [7, 11) is 1.13. The number of pyridine rings is 1. The van der Waals surface area contributed by atoms with Crippen LogP contribution in [0.15, 0.2) is 30.5 Å². The van der Waals surface area contributed by atoms with Gasteiger partial charge in [-0.1, -0.05) is 6.07 Å². The minimum Gasteiger partial charge on any atom is -0.475 e. The number of nitrogens with zero attached hydrogens (tertiary/aromatic N) is 1. The number of aliphatic hydroxyl groups excluding tert-OH is 1. The van der Waals surface area contributed by atoms with E-state index in [2.05, 4.69) is 4.98 Å². The summed E-state index contributed by atoms with van der Waals surface area (Å²) in [5, 5.41) is 9.48. The van der Waals surface area contributed by atoms with Crippen molar-refractivity contribution in [3.05, 3.63) is 47.4 Å². The summed E-state index contributed by atoms with van der Waals surface area (Å²) in [6, 6.07) is 3.68. The van der Waals surface area contributed by atoms with E-state index in [4.69, 9.17) is 18.9 Å². The van der Waals surface area contributed by atoms with Crippen LogP contribution in [-0.4, -0.2) is 55.5 Å². The van der Waals surface area contributed by atoms with Gasteiger partial charge >= 0.3 is 12.1 Å². The monoisotopic (exact) mass is 473 g/mol. The van der Waals surface area contributed by atoms with Crippen LogP contribution < -0.4 is 4.74 Å². The lowest BCUT2D eigenvalue weighted by Gasteiger charge is -2.22. The molecule has 1 saturated heterocycles. The molecule has 11 heteroatoms. The molecule has 0 aliphatic carbocycles. The van der Waals surface area contributed by atoms with Gasteiger partial charge in [-0.2, -0.15) is 13.2 Å². The Bertz CT molecular complexity index is 962. The van der Waals surface area contributed by atoms with Crippen molar-refractivity contribution in [2.45, 2.75) is 37.8 Å². The van der Waals surface area contributed by atoms with Crippen molar-refractivity contribution in [3.8, 4) is 17.0 Å². The number of ether oxygens (including phenoxy) is 4. The zero-order valence-electron chi connectivity index (χ0n) is 17.7. The molecule has 0 saturated carbocycles. The lowest BCUT2D eigenvalue weighted by Crippen LogP contribution is -2.24. The molecule has 2 unspecified atom stereocenters. The third-order valence-corrected chi connectivity index (χ3v) is 4.95. The molecule has 2 heterocycles. The van der Waals surface area contributed by atoms with Gasteiger partial charge in [-0.3, -0.25) is 0 Å². The minimum atomic E-state index is -4.92. The van der Waals surface area contributed by atoms with Crippen LogP contribution in [-0.2, 0) is 14.2 Å². The highest BCUT2D eigenvalue weighted by molar-refractivity contribution is 5.93. The maximum absolute atomic E-state index is 14.4. The van der Waals surface area contributed by atoms with E-state index in [1.165, 1.54) is 6.07 Å². The second-order valence-corrected chi connectivity index (χ2v) is 7.27. The van der Waals surface area contributed by atoms with Gasteiger partial charge in [0.2, 0.25) is 5.88 Å². The summed E-state index contributed by atoms with van der Waals surface area (Å²) < 4.78 is 74.2. The summed E-state index contributed by atoms with van der Waals surface area (Å²) in [5.74, 6) is -1.80. The zero-order valence-corrected chi connectivity index (χ0v) is 17.7. The highest BCUT2D eigenvalue weighted by Crippen LogP contribution is 2.35. The van der Waals surface area contributed by atoms with E-state index < -0.39 is 29.6 Å². The lowest BCUT2D eigenvalue weighted by molar-refractivity contribution is -0.206. The predicted molar refractivity (Wildman–Crippen MR) is 107 cm³/mol. The van der Waals surface area contributed by atoms with Crippen LogP contribution in [0.1, 0.15) is 41.3 Å². The molecular formula is C22H23F4NO6. The van der Waals surface area contributed by atoms with E-state index >= 15 is 0 Å². The van der Waals surface area contributed by atoms with Crippen LogP contribution in [0.3, 0.4) is 0 Å². The summed E-state index contributed by atoms with van der Waals surface area (Å²) in [6.07, 6.45) is -4.14. The molecule has 1 aromatic heterocycles. The van der Waals surface area contributed by atoms with Crippen molar-refractivity contribution in [3.63, 3.8) is 0 Å². The molecule has 1 aromatic carbocycles. The first-order chi connectivity index (χ1) is 15.7. The number of hydrogen-bond donors (Lipinski definition) is 1. The number of rotatable bonds is 8. The third kappa shape index (κ3) is 6.40. The fraction of sp³-hybridized carbons (Fsp3) is 0.455. The molecular weight excluding hydrogens is 450 g/mol. The summed E-state index contributed by atoms with van der Waals surface area (Å²) >= 11 is 0. The molecule has 3 rings (SSSR count). The average molecular weight is 473 g/mol. The number of aromatic nitrogens is 1. The van der Waals surface area contributed by atoms with Crippen LogP contribution in [0.25, 0.3) is 11.1 Å². The fourth-order valence-corrected chi connectivity index (χ4v) is 3.25. The third-order valence-electron chi connectivity index (χ3n) is 4.95. The van der Waals surface area contributed by atoms with E-state index in [-0.39, 0.29) is 42.1 Å². The summed E-state index contributed by atoms with van der Waals surface area (Å²) in [6.45, 7) is 0.831. The van der Waals surface area contributed by atoms with Gasteiger partial charge in [0.1, 0.15) is 18.0 Å². The number of benzene rings is 1. The SMILES string of the molecule is COC(=O)c1cc(-c2cc(C(O)C(F)(F)F)ccc2F)cnc1OCCOC1CCCCO1. The minimum absolute atomic E-state index is 0.00308. The smallest absolute Gasteiger partial charge is 0.418 e. The Balaban J connectivity index is 1.79.